The van der Waals surface area contributed by atoms with Gasteiger partial charge in [0.25, 0.3) is 0 Å². The largest absolute Gasteiger partial charge is 0.387 e. The number of rotatable bonds is 4. The summed E-state index contributed by atoms with van der Waals surface area (Å²) in [6.07, 6.45) is -1.02. The van der Waals surface area contributed by atoms with Crippen molar-refractivity contribution in [3.05, 3.63) is 65.5 Å². The number of piperazine rings is 1. The molecule has 0 bridgehead atoms. The van der Waals surface area contributed by atoms with Crippen molar-refractivity contribution in [3.8, 4) is 0 Å². The number of benzene rings is 2. The van der Waals surface area contributed by atoms with Gasteiger partial charge in [0.2, 0.25) is 0 Å². The maximum absolute atomic E-state index is 13.8. The summed E-state index contributed by atoms with van der Waals surface area (Å²) in [5.41, 5.74) is 0.662. The summed E-state index contributed by atoms with van der Waals surface area (Å²) in [6.45, 7) is 2.77. The molecule has 3 nitrogen and oxygen atoms in total. The third-order valence-corrected chi connectivity index (χ3v) is 4.32. The fraction of sp³-hybridized carbons (Fsp3) is 0.333. The fourth-order valence-electron chi connectivity index (χ4n) is 2.99. The van der Waals surface area contributed by atoms with Crippen LogP contribution < -0.4 is 4.90 Å². The second kappa shape index (κ2) is 7.23. The van der Waals surface area contributed by atoms with E-state index in [0.29, 0.717) is 31.9 Å². The Morgan fingerprint density at radius 3 is 2.29 bits per heavy atom. The minimum Gasteiger partial charge on any atom is -0.387 e. The van der Waals surface area contributed by atoms with Crippen molar-refractivity contribution in [2.24, 2.45) is 0 Å². The number of anilines is 1. The number of hydrogen-bond donors (Lipinski definition) is 1. The van der Waals surface area contributed by atoms with Crippen LogP contribution in [0, 0.1) is 17.5 Å². The first kappa shape index (κ1) is 16.8. The van der Waals surface area contributed by atoms with Gasteiger partial charge in [0.1, 0.15) is 17.5 Å². The van der Waals surface area contributed by atoms with Gasteiger partial charge in [0.05, 0.1) is 11.8 Å². The maximum Gasteiger partial charge on any atom is 0.146 e. The Bertz CT molecular complexity index is 702. The smallest absolute Gasteiger partial charge is 0.146 e. The van der Waals surface area contributed by atoms with Crippen molar-refractivity contribution in [2.45, 2.75) is 6.10 Å². The number of hydrogen-bond acceptors (Lipinski definition) is 3. The van der Waals surface area contributed by atoms with E-state index in [1.165, 1.54) is 12.1 Å². The molecule has 1 heterocycles. The zero-order chi connectivity index (χ0) is 17.1. The summed E-state index contributed by atoms with van der Waals surface area (Å²) in [5.74, 6) is -1.66. The van der Waals surface area contributed by atoms with E-state index >= 15 is 0 Å². The number of nitrogens with zero attached hydrogens (tertiary/aromatic N) is 2. The van der Waals surface area contributed by atoms with E-state index < -0.39 is 17.7 Å². The van der Waals surface area contributed by atoms with Gasteiger partial charge < -0.3 is 10.0 Å². The molecule has 1 aliphatic rings. The molecular weight excluding hydrogens is 317 g/mol. The molecule has 3 rings (SSSR count). The van der Waals surface area contributed by atoms with Gasteiger partial charge in [-0.1, -0.05) is 18.2 Å². The molecular formula is C18H19F3N2O. The lowest BCUT2D eigenvalue weighted by molar-refractivity contribution is 0.106. The average molecular weight is 336 g/mol. The lowest BCUT2D eigenvalue weighted by atomic mass is 10.1. The fourth-order valence-corrected chi connectivity index (χ4v) is 2.99. The number of β-amino-alcohol motifs (C(OH)–C–C–N with tert-alkyl or cyclic N) is 1. The van der Waals surface area contributed by atoms with Crippen molar-refractivity contribution in [2.75, 3.05) is 37.6 Å². The minimum absolute atomic E-state index is 0.0907. The summed E-state index contributed by atoms with van der Waals surface area (Å²) >= 11 is 0. The van der Waals surface area contributed by atoms with E-state index in [4.69, 9.17) is 0 Å². The number of halogens is 3. The van der Waals surface area contributed by atoms with Gasteiger partial charge in [-0.2, -0.15) is 0 Å². The van der Waals surface area contributed by atoms with Gasteiger partial charge in [-0.15, -0.1) is 0 Å². The van der Waals surface area contributed by atoms with Crippen LogP contribution in [0.3, 0.4) is 0 Å². The van der Waals surface area contributed by atoms with Crippen LogP contribution >= 0.6 is 0 Å². The topological polar surface area (TPSA) is 26.7 Å². The average Bonchev–Trinajstić information content (AvgIpc) is 2.56. The molecule has 128 valence electrons. The van der Waals surface area contributed by atoms with Gasteiger partial charge in [-0.05, 0) is 18.2 Å². The molecule has 1 aliphatic heterocycles. The van der Waals surface area contributed by atoms with Crippen molar-refractivity contribution >= 4 is 5.69 Å². The van der Waals surface area contributed by atoms with Gasteiger partial charge >= 0.3 is 0 Å². The highest BCUT2D eigenvalue weighted by Crippen LogP contribution is 2.22. The van der Waals surface area contributed by atoms with E-state index in [2.05, 4.69) is 0 Å². The van der Waals surface area contributed by atoms with Crippen LogP contribution in [0.4, 0.5) is 18.9 Å². The normalized spacial score (nSPS) is 17.1. The first-order chi connectivity index (χ1) is 11.5. The summed E-state index contributed by atoms with van der Waals surface area (Å²) in [6, 6.07) is 9.81. The Morgan fingerprint density at radius 1 is 0.917 bits per heavy atom. The lowest BCUT2D eigenvalue weighted by Crippen LogP contribution is -2.47. The van der Waals surface area contributed by atoms with Crippen LogP contribution in [0.2, 0.25) is 0 Å². The summed E-state index contributed by atoms with van der Waals surface area (Å²) < 4.78 is 40.5. The molecule has 0 aliphatic carbocycles. The van der Waals surface area contributed by atoms with Gasteiger partial charge in [0.15, 0.2) is 0 Å². The number of aliphatic hydroxyl groups is 1. The highest BCUT2D eigenvalue weighted by molar-refractivity contribution is 5.48. The monoisotopic (exact) mass is 336 g/mol. The maximum atomic E-state index is 13.8. The second-order valence-corrected chi connectivity index (χ2v) is 5.92. The first-order valence-electron chi connectivity index (χ1n) is 7.89. The molecule has 0 spiro atoms. The van der Waals surface area contributed by atoms with Crippen molar-refractivity contribution in [3.63, 3.8) is 0 Å². The molecule has 1 fully saturated rings. The van der Waals surface area contributed by atoms with Crippen LogP contribution in [0.25, 0.3) is 0 Å². The third-order valence-electron chi connectivity index (χ3n) is 4.32. The van der Waals surface area contributed by atoms with Gasteiger partial charge in [-0.25, -0.2) is 13.2 Å². The van der Waals surface area contributed by atoms with E-state index in [1.807, 2.05) is 9.80 Å². The summed E-state index contributed by atoms with van der Waals surface area (Å²) in [5, 5.41) is 10.2. The zero-order valence-corrected chi connectivity index (χ0v) is 13.1. The molecule has 0 aromatic heterocycles. The first-order valence-corrected chi connectivity index (χ1v) is 7.89. The molecule has 1 unspecified atom stereocenters. The Hall–Kier alpha value is -2.05. The van der Waals surface area contributed by atoms with Crippen LogP contribution in [0.15, 0.2) is 42.5 Å². The van der Waals surface area contributed by atoms with Crippen molar-refractivity contribution < 1.29 is 18.3 Å². The van der Waals surface area contributed by atoms with E-state index in [1.54, 1.807) is 18.2 Å². The molecule has 6 heteroatoms. The van der Waals surface area contributed by atoms with E-state index in [0.717, 1.165) is 12.1 Å². The van der Waals surface area contributed by atoms with Crippen LogP contribution in [-0.4, -0.2) is 42.7 Å². The van der Waals surface area contributed by atoms with Crippen molar-refractivity contribution in [1.82, 2.24) is 4.90 Å². The zero-order valence-electron chi connectivity index (χ0n) is 13.1. The quantitative estimate of drug-likeness (QED) is 0.930. The molecule has 24 heavy (non-hydrogen) atoms. The molecule has 0 saturated carbocycles. The Labute approximate surface area is 138 Å². The molecule has 2 aromatic carbocycles. The molecule has 0 radical (unpaired) electrons. The predicted octanol–water partition coefficient (Wildman–Crippen LogP) is 2.96. The standard InChI is InChI=1S/C18H19F3N2O/c19-13-5-6-14(16(21)11-13)18(24)12-22-7-9-23(10-8-22)17-4-2-1-3-15(17)20/h1-6,11,18,24H,7-10,12H2. The molecule has 1 atom stereocenters. The van der Waals surface area contributed by atoms with E-state index in [9.17, 15) is 18.3 Å². The Balaban J connectivity index is 1.58. The molecule has 1 N–H and O–H groups in total. The van der Waals surface area contributed by atoms with Crippen LogP contribution in [-0.2, 0) is 0 Å². The van der Waals surface area contributed by atoms with Crippen LogP contribution in [0.5, 0.6) is 0 Å². The highest BCUT2D eigenvalue weighted by Gasteiger charge is 2.22. The van der Waals surface area contributed by atoms with Crippen LogP contribution in [0.1, 0.15) is 11.7 Å². The highest BCUT2D eigenvalue weighted by atomic mass is 19.1. The SMILES string of the molecule is OC(CN1CCN(c2ccccc2F)CC1)c1ccc(F)cc1F. The number of aliphatic hydroxyl groups excluding tert-OH is 1. The Morgan fingerprint density at radius 2 is 1.62 bits per heavy atom. The van der Waals surface area contributed by atoms with Crippen molar-refractivity contribution in [1.29, 1.82) is 0 Å². The lowest BCUT2D eigenvalue weighted by Gasteiger charge is -2.37. The predicted molar refractivity (Wildman–Crippen MR) is 86.4 cm³/mol. The molecule has 2 aromatic rings. The minimum atomic E-state index is -1.02. The summed E-state index contributed by atoms with van der Waals surface area (Å²) in [4.78, 5) is 3.95. The molecule has 1 saturated heterocycles. The van der Waals surface area contributed by atoms with Gasteiger partial charge in [0, 0.05) is 44.4 Å². The Kier molecular flexibility index (Phi) is 5.06. The summed E-state index contributed by atoms with van der Waals surface area (Å²) in [7, 11) is 0. The van der Waals surface area contributed by atoms with E-state index in [-0.39, 0.29) is 17.9 Å². The second-order valence-electron chi connectivity index (χ2n) is 5.92. The molecule has 0 amide bonds. The van der Waals surface area contributed by atoms with Gasteiger partial charge in [-0.3, -0.25) is 4.90 Å². The third kappa shape index (κ3) is 3.71. The number of para-hydroxylation sites is 1.